The lowest BCUT2D eigenvalue weighted by atomic mass is 10.0. The molecule has 2 aromatic carbocycles. The summed E-state index contributed by atoms with van der Waals surface area (Å²) in [4.78, 5) is 25.5. The summed E-state index contributed by atoms with van der Waals surface area (Å²) in [6.45, 7) is 0. The zero-order chi connectivity index (χ0) is 18.4. The van der Waals surface area contributed by atoms with E-state index in [1.54, 1.807) is 13.2 Å². The van der Waals surface area contributed by atoms with E-state index in [9.17, 15) is 14.0 Å². The molecule has 0 saturated carbocycles. The number of methoxy groups -OCH3 is 1. The Hall–Kier alpha value is -2.89. The first-order valence-electron chi connectivity index (χ1n) is 7.85. The van der Waals surface area contributed by atoms with Gasteiger partial charge in [0.25, 0.3) is 0 Å². The predicted molar refractivity (Wildman–Crippen MR) is 92.4 cm³/mol. The number of amides is 2. The first-order valence-corrected chi connectivity index (χ1v) is 7.85. The quantitative estimate of drug-likeness (QED) is 0.838. The Kier molecular flexibility index (Phi) is 6.11. The number of aryl methyl sites for hydroxylation is 1. The number of hydrogen-bond acceptors (Lipinski definition) is 3. The summed E-state index contributed by atoms with van der Waals surface area (Å²) < 4.78 is 18.5. The van der Waals surface area contributed by atoms with Gasteiger partial charge in [-0.15, -0.1) is 0 Å². The van der Waals surface area contributed by atoms with Crippen LogP contribution in [0.4, 0.5) is 4.39 Å². The van der Waals surface area contributed by atoms with Crippen molar-refractivity contribution in [1.82, 2.24) is 4.90 Å². The normalized spacial score (nSPS) is 11.6. The Morgan fingerprint density at radius 1 is 1.20 bits per heavy atom. The molecular weight excluding hydrogens is 323 g/mol. The van der Waals surface area contributed by atoms with Gasteiger partial charge in [-0.05, 0) is 41.8 Å². The molecule has 0 radical (unpaired) electrons. The van der Waals surface area contributed by atoms with Crippen LogP contribution in [0.1, 0.15) is 23.6 Å². The Labute approximate surface area is 146 Å². The fourth-order valence-electron chi connectivity index (χ4n) is 2.62. The maximum Gasteiger partial charge on any atom is 0.244 e. The minimum Gasteiger partial charge on any atom is -0.497 e. The van der Waals surface area contributed by atoms with Crippen molar-refractivity contribution in [2.75, 3.05) is 14.2 Å². The fraction of sp³-hybridized carbons (Fsp3) is 0.263. The molecule has 0 aliphatic rings. The molecule has 5 nitrogen and oxygen atoms in total. The topological polar surface area (TPSA) is 72.6 Å². The molecule has 0 bridgehead atoms. The summed E-state index contributed by atoms with van der Waals surface area (Å²) in [6, 6.07) is 11.9. The number of likely N-dealkylation sites (N-methyl/N-ethyl adjacent to an activating group) is 1. The molecule has 0 fully saturated rings. The number of primary amides is 1. The first-order chi connectivity index (χ1) is 11.9. The standard InChI is InChI=1S/C19H21FN2O3/c1-22(18(19(21)24)14-4-3-5-15(20)12-14)17(23)11-8-13-6-9-16(25-2)10-7-13/h3-7,9-10,12,18H,8,11H2,1-2H3,(H2,21,24)/t18-/m0/s1. The number of hydrogen-bond donors (Lipinski definition) is 1. The van der Waals surface area contributed by atoms with Crippen molar-refractivity contribution in [2.24, 2.45) is 5.73 Å². The van der Waals surface area contributed by atoms with Crippen LogP contribution in [-0.2, 0) is 16.0 Å². The molecule has 6 heteroatoms. The molecule has 1 atom stereocenters. The Morgan fingerprint density at radius 2 is 1.88 bits per heavy atom. The molecule has 2 rings (SSSR count). The molecule has 0 spiro atoms. The molecule has 0 aromatic heterocycles. The lowest BCUT2D eigenvalue weighted by Crippen LogP contribution is -2.39. The third-order valence-corrected chi connectivity index (χ3v) is 4.00. The summed E-state index contributed by atoms with van der Waals surface area (Å²) in [5.74, 6) is -0.690. The predicted octanol–water partition coefficient (Wildman–Crippen LogP) is 2.45. The molecule has 2 amide bonds. The average Bonchev–Trinajstić information content (AvgIpc) is 2.60. The van der Waals surface area contributed by atoms with Gasteiger partial charge in [0.1, 0.15) is 17.6 Å². The van der Waals surface area contributed by atoms with Crippen molar-refractivity contribution < 1.29 is 18.7 Å². The highest BCUT2D eigenvalue weighted by molar-refractivity contribution is 5.87. The number of nitrogens with two attached hydrogens (primary N) is 1. The fourth-order valence-corrected chi connectivity index (χ4v) is 2.62. The molecule has 0 aliphatic carbocycles. The number of carbonyl (C=O) groups excluding carboxylic acids is 2. The van der Waals surface area contributed by atoms with E-state index >= 15 is 0 Å². The second-order valence-electron chi connectivity index (χ2n) is 5.71. The summed E-state index contributed by atoms with van der Waals surface area (Å²) >= 11 is 0. The van der Waals surface area contributed by atoms with Gasteiger partial charge in [-0.2, -0.15) is 0 Å². The van der Waals surface area contributed by atoms with Gasteiger partial charge in [-0.25, -0.2) is 4.39 Å². The second kappa shape index (κ2) is 8.28. The van der Waals surface area contributed by atoms with E-state index in [0.717, 1.165) is 11.3 Å². The van der Waals surface area contributed by atoms with E-state index in [-0.39, 0.29) is 12.3 Å². The highest BCUT2D eigenvalue weighted by Gasteiger charge is 2.26. The zero-order valence-electron chi connectivity index (χ0n) is 14.2. The summed E-state index contributed by atoms with van der Waals surface area (Å²) in [6.07, 6.45) is 0.726. The Morgan fingerprint density at radius 3 is 2.44 bits per heavy atom. The number of nitrogens with zero attached hydrogens (tertiary/aromatic N) is 1. The van der Waals surface area contributed by atoms with Crippen LogP contribution in [0.2, 0.25) is 0 Å². The van der Waals surface area contributed by atoms with E-state index < -0.39 is 17.8 Å². The smallest absolute Gasteiger partial charge is 0.244 e. The third-order valence-electron chi connectivity index (χ3n) is 4.00. The molecule has 25 heavy (non-hydrogen) atoms. The van der Waals surface area contributed by atoms with Crippen LogP contribution in [0.25, 0.3) is 0 Å². The largest absolute Gasteiger partial charge is 0.497 e. The average molecular weight is 344 g/mol. The Bertz CT molecular complexity index is 747. The molecule has 132 valence electrons. The van der Waals surface area contributed by atoms with Gasteiger partial charge in [0.2, 0.25) is 11.8 Å². The molecule has 0 saturated heterocycles. The molecule has 2 aromatic rings. The number of ether oxygens (including phenoxy) is 1. The van der Waals surface area contributed by atoms with Gasteiger partial charge >= 0.3 is 0 Å². The maximum atomic E-state index is 13.4. The van der Waals surface area contributed by atoms with Gasteiger partial charge < -0.3 is 15.4 Å². The van der Waals surface area contributed by atoms with E-state index in [2.05, 4.69) is 0 Å². The molecule has 0 heterocycles. The van der Waals surface area contributed by atoms with Crippen LogP contribution in [0, 0.1) is 5.82 Å². The van der Waals surface area contributed by atoms with Crippen LogP contribution in [0.3, 0.4) is 0 Å². The number of carbonyl (C=O) groups is 2. The summed E-state index contributed by atoms with van der Waals surface area (Å²) in [5.41, 5.74) is 6.76. The maximum absolute atomic E-state index is 13.4. The highest BCUT2D eigenvalue weighted by Crippen LogP contribution is 2.21. The van der Waals surface area contributed by atoms with Crippen molar-refractivity contribution in [3.05, 3.63) is 65.5 Å². The number of rotatable bonds is 7. The Balaban J connectivity index is 2.06. The van der Waals surface area contributed by atoms with Crippen molar-refractivity contribution in [3.8, 4) is 5.75 Å². The number of benzene rings is 2. The van der Waals surface area contributed by atoms with Gasteiger partial charge in [0.15, 0.2) is 0 Å². The van der Waals surface area contributed by atoms with Crippen molar-refractivity contribution >= 4 is 11.8 Å². The minimum atomic E-state index is -1.00. The van der Waals surface area contributed by atoms with Crippen LogP contribution in [0.15, 0.2) is 48.5 Å². The van der Waals surface area contributed by atoms with Crippen molar-refractivity contribution in [2.45, 2.75) is 18.9 Å². The second-order valence-corrected chi connectivity index (χ2v) is 5.71. The van der Waals surface area contributed by atoms with Crippen LogP contribution in [0.5, 0.6) is 5.75 Å². The summed E-state index contributed by atoms with van der Waals surface area (Å²) in [5, 5.41) is 0. The first kappa shape index (κ1) is 18.4. The minimum absolute atomic E-state index is 0.210. The van der Waals surface area contributed by atoms with Crippen LogP contribution < -0.4 is 10.5 Å². The van der Waals surface area contributed by atoms with E-state index in [1.807, 2.05) is 24.3 Å². The lowest BCUT2D eigenvalue weighted by Gasteiger charge is -2.26. The van der Waals surface area contributed by atoms with Crippen LogP contribution >= 0.6 is 0 Å². The van der Waals surface area contributed by atoms with Gasteiger partial charge in [0, 0.05) is 13.5 Å². The molecule has 2 N–H and O–H groups in total. The lowest BCUT2D eigenvalue weighted by molar-refractivity contribution is -0.138. The van der Waals surface area contributed by atoms with E-state index in [0.29, 0.717) is 12.0 Å². The molecule has 0 aliphatic heterocycles. The van der Waals surface area contributed by atoms with E-state index in [4.69, 9.17) is 10.5 Å². The third kappa shape index (κ3) is 4.79. The van der Waals surface area contributed by atoms with Gasteiger partial charge in [0.05, 0.1) is 7.11 Å². The van der Waals surface area contributed by atoms with Gasteiger partial charge in [-0.1, -0.05) is 24.3 Å². The summed E-state index contributed by atoms with van der Waals surface area (Å²) in [7, 11) is 3.08. The monoisotopic (exact) mass is 344 g/mol. The van der Waals surface area contributed by atoms with Gasteiger partial charge in [-0.3, -0.25) is 9.59 Å². The highest BCUT2D eigenvalue weighted by atomic mass is 19.1. The van der Waals surface area contributed by atoms with E-state index in [1.165, 1.54) is 30.1 Å². The van der Waals surface area contributed by atoms with Crippen LogP contribution in [-0.4, -0.2) is 30.9 Å². The molecular formula is C19H21FN2O3. The zero-order valence-corrected chi connectivity index (χ0v) is 14.2. The van der Waals surface area contributed by atoms with Crippen molar-refractivity contribution in [1.29, 1.82) is 0 Å². The van der Waals surface area contributed by atoms with Crippen molar-refractivity contribution in [3.63, 3.8) is 0 Å². The number of halogens is 1. The molecule has 0 unspecified atom stereocenters. The SMILES string of the molecule is COc1ccc(CCC(=O)N(C)[C@H](C(N)=O)c2cccc(F)c2)cc1.